The van der Waals surface area contributed by atoms with Gasteiger partial charge in [0.1, 0.15) is 6.54 Å². The molecule has 1 aliphatic heterocycles. The van der Waals surface area contributed by atoms with Gasteiger partial charge >= 0.3 is 0 Å². The van der Waals surface area contributed by atoms with E-state index < -0.39 is 0 Å². The van der Waals surface area contributed by atoms with Crippen LogP contribution in [0, 0.1) is 0 Å². The van der Waals surface area contributed by atoms with E-state index in [4.69, 9.17) is 0 Å². The van der Waals surface area contributed by atoms with E-state index in [1.165, 1.54) is 10.5 Å². The number of amides is 1. The second-order valence-corrected chi connectivity index (χ2v) is 6.77. The van der Waals surface area contributed by atoms with Gasteiger partial charge < -0.3 is 10.2 Å². The van der Waals surface area contributed by atoms with Crippen molar-refractivity contribution in [2.24, 2.45) is 0 Å². The number of rotatable bonds is 4. The normalized spacial score (nSPS) is 19.5. The van der Waals surface area contributed by atoms with Crippen molar-refractivity contribution in [2.45, 2.75) is 19.0 Å². The average Bonchev–Trinajstić information content (AvgIpc) is 3.10. The fourth-order valence-electron chi connectivity index (χ4n) is 3.64. The molecule has 3 N–H and O–H groups in total. The van der Waals surface area contributed by atoms with Gasteiger partial charge in [-0.2, -0.15) is 5.10 Å². The SMILES string of the molecule is O=C(N[C@@H]1CC[NH+](Cc2ccccc2)C1)c1n[nH]c(=O)c2ccccc12. The van der Waals surface area contributed by atoms with Crippen molar-refractivity contribution >= 4 is 16.7 Å². The summed E-state index contributed by atoms with van der Waals surface area (Å²) < 4.78 is 0. The Labute approximate surface area is 150 Å². The number of aromatic nitrogens is 2. The predicted molar refractivity (Wildman–Crippen MR) is 99.1 cm³/mol. The maximum absolute atomic E-state index is 12.7. The number of H-pyrrole nitrogens is 1. The second kappa shape index (κ2) is 7.09. The van der Waals surface area contributed by atoms with Crippen molar-refractivity contribution in [2.75, 3.05) is 13.1 Å². The van der Waals surface area contributed by atoms with Gasteiger partial charge in [0.2, 0.25) is 0 Å². The molecule has 2 aromatic carbocycles. The molecule has 1 amide bonds. The molecule has 2 atom stereocenters. The van der Waals surface area contributed by atoms with Crippen LogP contribution in [0.2, 0.25) is 0 Å². The number of nitrogens with one attached hydrogen (secondary N) is 3. The highest BCUT2D eigenvalue weighted by Gasteiger charge is 2.28. The lowest BCUT2D eigenvalue weighted by Crippen LogP contribution is -3.09. The molecule has 2 heterocycles. The van der Waals surface area contributed by atoms with E-state index in [1.54, 1.807) is 18.2 Å². The number of quaternary nitrogens is 1. The van der Waals surface area contributed by atoms with Gasteiger partial charge in [-0.3, -0.25) is 9.59 Å². The van der Waals surface area contributed by atoms with Crippen LogP contribution in [0.4, 0.5) is 0 Å². The van der Waals surface area contributed by atoms with E-state index in [-0.39, 0.29) is 23.2 Å². The van der Waals surface area contributed by atoms with Crippen LogP contribution in [0.15, 0.2) is 59.4 Å². The monoisotopic (exact) mass is 349 g/mol. The molecule has 0 bridgehead atoms. The first-order valence-electron chi connectivity index (χ1n) is 8.86. The maximum atomic E-state index is 12.7. The Bertz CT molecular complexity index is 984. The third-order valence-electron chi connectivity index (χ3n) is 4.92. The van der Waals surface area contributed by atoms with Crippen LogP contribution in [0.3, 0.4) is 0 Å². The highest BCUT2D eigenvalue weighted by Crippen LogP contribution is 2.12. The molecular weight excluding hydrogens is 328 g/mol. The zero-order valence-electron chi connectivity index (χ0n) is 14.4. The lowest BCUT2D eigenvalue weighted by molar-refractivity contribution is -0.901. The van der Waals surface area contributed by atoms with Crippen LogP contribution in [-0.4, -0.2) is 35.2 Å². The van der Waals surface area contributed by atoms with Gasteiger partial charge in [-0.05, 0) is 6.07 Å². The standard InChI is InChI=1S/C20H20N4O2/c25-19-17-9-5-4-8-16(17)18(22-23-19)20(26)21-15-10-11-24(13-15)12-14-6-2-1-3-7-14/h1-9,15H,10-13H2,(H,21,26)(H,23,25)/p+1/t15-/m1/s1. The summed E-state index contributed by atoms with van der Waals surface area (Å²) >= 11 is 0. The van der Waals surface area contributed by atoms with Gasteiger partial charge in [-0.25, -0.2) is 5.10 Å². The van der Waals surface area contributed by atoms with Crippen LogP contribution in [0.1, 0.15) is 22.5 Å². The third kappa shape index (κ3) is 3.36. The van der Waals surface area contributed by atoms with Crippen molar-refractivity contribution in [1.82, 2.24) is 15.5 Å². The number of hydrogen-bond donors (Lipinski definition) is 3. The first-order valence-corrected chi connectivity index (χ1v) is 8.86. The van der Waals surface area contributed by atoms with Crippen LogP contribution in [0.5, 0.6) is 0 Å². The Morgan fingerprint density at radius 3 is 2.65 bits per heavy atom. The molecule has 3 aromatic rings. The van der Waals surface area contributed by atoms with Crippen LogP contribution < -0.4 is 15.8 Å². The van der Waals surface area contributed by atoms with Crippen molar-refractivity contribution in [1.29, 1.82) is 0 Å². The molecule has 1 aromatic heterocycles. The quantitative estimate of drug-likeness (QED) is 0.642. The van der Waals surface area contributed by atoms with Crippen LogP contribution in [-0.2, 0) is 6.54 Å². The minimum Gasteiger partial charge on any atom is -0.342 e. The largest absolute Gasteiger partial charge is 0.342 e. The van der Waals surface area contributed by atoms with Gasteiger partial charge in [-0.15, -0.1) is 0 Å². The zero-order valence-corrected chi connectivity index (χ0v) is 14.4. The van der Waals surface area contributed by atoms with E-state index in [0.29, 0.717) is 10.8 Å². The highest BCUT2D eigenvalue weighted by atomic mass is 16.2. The summed E-state index contributed by atoms with van der Waals surface area (Å²) in [7, 11) is 0. The summed E-state index contributed by atoms with van der Waals surface area (Å²) in [5.74, 6) is -0.233. The zero-order chi connectivity index (χ0) is 17.9. The molecule has 0 aliphatic carbocycles. The number of likely N-dealkylation sites (tertiary alicyclic amines) is 1. The number of aromatic amines is 1. The number of carbonyl (C=O) groups is 1. The predicted octanol–water partition coefficient (Wildman–Crippen LogP) is 0.510. The molecule has 26 heavy (non-hydrogen) atoms. The summed E-state index contributed by atoms with van der Waals surface area (Å²) in [6.07, 6.45) is 0.940. The van der Waals surface area contributed by atoms with Crippen LogP contribution >= 0.6 is 0 Å². The van der Waals surface area contributed by atoms with Gasteiger partial charge in [0.25, 0.3) is 11.5 Å². The molecule has 0 spiro atoms. The lowest BCUT2D eigenvalue weighted by Gasteiger charge is -2.14. The van der Waals surface area contributed by atoms with Gasteiger partial charge in [0, 0.05) is 17.4 Å². The third-order valence-corrected chi connectivity index (χ3v) is 4.92. The topological polar surface area (TPSA) is 79.3 Å². The lowest BCUT2D eigenvalue weighted by atomic mass is 10.1. The van der Waals surface area contributed by atoms with Crippen LogP contribution in [0.25, 0.3) is 10.8 Å². The molecule has 1 aliphatic rings. The Morgan fingerprint density at radius 2 is 1.85 bits per heavy atom. The maximum Gasteiger partial charge on any atom is 0.272 e. The van der Waals surface area contributed by atoms with Crippen molar-refractivity contribution in [3.63, 3.8) is 0 Å². The molecule has 0 radical (unpaired) electrons. The van der Waals surface area contributed by atoms with Crippen molar-refractivity contribution < 1.29 is 9.69 Å². The summed E-state index contributed by atoms with van der Waals surface area (Å²) in [4.78, 5) is 26.0. The van der Waals surface area contributed by atoms with E-state index >= 15 is 0 Å². The average molecular weight is 349 g/mol. The second-order valence-electron chi connectivity index (χ2n) is 6.77. The molecule has 6 nitrogen and oxygen atoms in total. The summed E-state index contributed by atoms with van der Waals surface area (Å²) in [6, 6.07) is 17.6. The van der Waals surface area contributed by atoms with E-state index in [9.17, 15) is 9.59 Å². The smallest absolute Gasteiger partial charge is 0.272 e. The fraction of sp³-hybridized carbons (Fsp3) is 0.250. The van der Waals surface area contributed by atoms with E-state index in [1.807, 2.05) is 12.1 Å². The minimum absolute atomic E-state index is 0.119. The Morgan fingerprint density at radius 1 is 1.12 bits per heavy atom. The summed E-state index contributed by atoms with van der Waals surface area (Å²) in [6.45, 7) is 2.88. The Kier molecular flexibility index (Phi) is 4.50. The molecule has 1 saturated heterocycles. The fourth-order valence-corrected chi connectivity index (χ4v) is 3.64. The first-order chi connectivity index (χ1) is 12.7. The Balaban J connectivity index is 1.45. The van der Waals surface area contributed by atoms with Gasteiger partial charge in [-0.1, -0.05) is 48.5 Å². The minimum atomic E-state index is -0.281. The molecular formula is C20H21N4O2+. The molecule has 132 valence electrons. The number of hydrogen-bond acceptors (Lipinski definition) is 3. The number of fused-ring (bicyclic) bond motifs is 1. The summed E-state index contributed by atoms with van der Waals surface area (Å²) in [5.41, 5.74) is 1.30. The molecule has 1 unspecified atom stereocenters. The van der Waals surface area contributed by atoms with E-state index in [0.717, 1.165) is 26.1 Å². The number of benzene rings is 2. The molecule has 1 fully saturated rings. The number of nitrogens with zero attached hydrogens (tertiary/aromatic N) is 1. The Hall–Kier alpha value is -2.99. The first kappa shape index (κ1) is 16.5. The van der Waals surface area contributed by atoms with Crippen molar-refractivity contribution in [3.8, 4) is 0 Å². The number of carbonyl (C=O) groups excluding carboxylic acids is 1. The van der Waals surface area contributed by atoms with Crippen molar-refractivity contribution in [3.05, 3.63) is 76.2 Å². The highest BCUT2D eigenvalue weighted by molar-refractivity contribution is 6.04. The van der Waals surface area contributed by atoms with Gasteiger partial charge in [0.15, 0.2) is 5.69 Å². The molecule has 0 saturated carbocycles. The van der Waals surface area contributed by atoms with Gasteiger partial charge in [0.05, 0.1) is 24.5 Å². The van der Waals surface area contributed by atoms with E-state index in [2.05, 4.69) is 39.8 Å². The molecule has 4 rings (SSSR count). The summed E-state index contributed by atoms with van der Waals surface area (Å²) in [5, 5.41) is 10.5. The molecule has 6 heteroatoms.